The van der Waals surface area contributed by atoms with Crippen molar-refractivity contribution >= 4 is 66.7 Å². The first kappa shape index (κ1) is 28.8. The van der Waals surface area contributed by atoms with E-state index in [1.54, 1.807) is 49.4 Å². The Balaban J connectivity index is 1.91. The average molecular weight is 619 g/mol. The van der Waals surface area contributed by atoms with Gasteiger partial charge in [0.05, 0.1) is 11.9 Å². The third kappa shape index (κ3) is 7.60. The Kier molecular flexibility index (Phi) is 10.1. The Bertz CT molecular complexity index is 1190. The number of nitrogens with zero attached hydrogens (tertiary/aromatic N) is 2. The van der Waals surface area contributed by atoms with E-state index < -0.39 is 28.5 Å². The molecule has 1 saturated carbocycles. The van der Waals surface area contributed by atoms with E-state index in [1.807, 2.05) is 0 Å². The molecule has 2 amide bonds. The summed E-state index contributed by atoms with van der Waals surface area (Å²) in [4.78, 5) is 28.2. The van der Waals surface area contributed by atoms with E-state index in [1.165, 1.54) is 4.90 Å². The van der Waals surface area contributed by atoms with Gasteiger partial charge >= 0.3 is 0 Å². The second-order valence-electron chi connectivity index (χ2n) is 8.99. The molecule has 3 rings (SSSR count). The first-order valence-electron chi connectivity index (χ1n) is 11.7. The fourth-order valence-electron chi connectivity index (χ4n) is 4.25. The van der Waals surface area contributed by atoms with Gasteiger partial charge in [0.2, 0.25) is 21.8 Å². The standard InChI is InChI=1S/C25H30BrCl2N3O4S/c1-17(25(33)29-19-9-4-3-5-10-19)30(15-21-22(27)12-7-13-23(21)28)24(32)16-31(36(2,34)35)20-11-6-8-18(26)14-20/h6-8,11-14,17,19H,3-5,9-10,15-16H2,1-2H3,(H,29,33). The largest absolute Gasteiger partial charge is 0.352 e. The number of nitrogens with one attached hydrogen (secondary N) is 1. The van der Waals surface area contributed by atoms with Crippen LogP contribution >= 0.6 is 39.1 Å². The summed E-state index contributed by atoms with van der Waals surface area (Å²) in [7, 11) is -3.81. The van der Waals surface area contributed by atoms with Crippen molar-refractivity contribution in [3.8, 4) is 0 Å². The average Bonchev–Trinajstić information content (AvgIpc) is 2.81. The van der Waals surface area contributed by atoms with E-state index in [2.05, 4.69) is 21.2 Å². The van der Waals surface area contributed by atoms with Gasteiger partial charge in [-0.15, -0.1) is 0 Å². The van der Waals surface area contributed by atoms with Gasteiger partial charge < -0.3 is 10.2 Å². The summed E-state index contributed by atoms with van der Waals surface area (Å²) in [5.41, 5.74) is 0.815. The maximum atomic E-state index is 13.7. The maximum absolute atomic E-state index is 13.7. The van der Waals surface area contributed by atoms with E-state index in [-0.39, 0.29) is 18.5 Å². The molecule has 196 valence electrons. The van der Waals surface area contributed by atoms with Crippen LogP contribution in [0.3, 0.4) is 0 Å². The lowest BCUT2D eigenvalue weighted by molar-refractivity contribution is -0.139. The summed E-state index contributed by atoms with van der Waals surface area (Å²) in [6, 6.07) is 10.8. The molecular formula is C25H30BrCl2N3O4S. The number of amides is 2. The third-order valence-electron chi connectivity index (χ3n) is 6.28. The lowest BCUT2D eigenvalue weighted by atomic mass is 9.95. The number of rotatable bonds is 9. The van der Waals surface area contributed by atoms with Gasteiger partial charge in [0, 0.05) is 32.7 Å². The fraction of sp³-hybridized carbons (Fsp3) is 0.440. The van der Waals surface area contributed by atoms with Crippen molar-refractivity contribution in [3.63, 3.8) is 0 Å². The monoisotopic (exact) mass is 617 g/mol. The summed E-state index contributed by atoms with van der Waals surface area (Å²) in [6.07, 6.45) is 6.07. The summed E-state index contributed by atoms with van der Waals surface area (Å²) < 4.78 is 27.0. The number of halogens is 3. The molecule has 0 aromatic heterocycles. The van der Waals surface area contributed by atoms with Crippen molar-refractivity contribution in [1.29, 1.82) is 0 Å². The lowest BCUT2D eigenvalue weighted by Crippen LogP contribution is -2.53. The molecule has 0 bridgehead atoms. The van der Waals surface area contributed by atoms with Crippen LogP contribution in [-0.4, -0.2) is 50.0 Å². The fourth-order valence-corrected chi connectivity index (χ4v) is 6.00. The normalized spacial score (nSPS) is 15.2. The lowest BCUT2D eigenvalue weighted by Gasteiger charge is -2.33. The molecule has 0 saturated heterocycles. The molecule has 1 aliphatic carbocycles. The van der Waals surface area contributed by atoms with Gasteiger partial charge in [-0.2, -0.15) is 0 Å². The molecule has 1 aliphatic rings. The molecule has 0 radical (unpaired) electrons. The van der Waals surface area contributed by atoms with Gasteiger partial charge in [-0.25, -0.2) is 8.42 Å². The minimum absolute atomic E-state index is 0.0489. The van der Waals surface area contributed by atoms with Crippen LogP contribution in [0.4, 0.5) is 5.69 Å². The second kappa shape index (κ2) is 12.6. The molecule has 36 heavy (non-hydrogen) atoms. The van der Waals surface area contributed by atoms with Crippen LogP contribution in [0.25, 0.3) is 0 Å². The maximum Gasteiger partial charge on any atom is 0.244 e. The summed E-state index contributed by atoms with van der Waals surface area (Å²) >= 11 is 16.1. The molecule has 11 heteroatoms. The van der Waals surface area contributed by atoms with Crippen molar-refractivity contribution in [2.24, 2.45) is 0 Å². The van der Waals surface area contributed by atoms with Crippen LogP contribution in [0.1, 0.15) is 44.6 Å². The van der Waals surface area contributed by atoms with Crippen molar-refractivity contribution in [3.05, 3.63) is 62.5 Å². The molecule has 2 aromatic rings. The highest BCUT2D eigenvalue weighted by Gasteiger charge is 2.32. The third-order valence-corrected chi connectivity index (χ3v) is 8.63. The zero-order chi connectivity index (χ0) is 26.5. The van der Waals surface area contributed by atoms with Gasteiger partial charge in [0.25, 0.3) is 0 Å². The van der Waals surface area contributed by atoms with Crippen molar-refractivity contribution in [2.75, 3.05) is 17.1 Å². The summed E-state index contributed by atoms with van der Waals surface area (Å²) in [6.45, 7) is 1.09. The highest BCUT2D eigenvalue weighted by Crippen LogP contribution is 2.28. The van der Waals surface area contributed by atoms with E-state index in [0.717, 1.165) is 42.7 Å². The number of carbonyl (C=O) groups is 2. The molecule has 1 N–H and O–H groups in total. The predicted octanol–water partition coefficient (Wildman–Crippen LogP) is 5.39. The van der Waals surface area contributed by atoms with E-state index in [9.17, 15) is 18.0 Å². The number of hydrogen-bond acceptors (Lipinski definition) is 4. The molecular weight excluding hydrogens is 589 g/mol. The van der Waals surface area contributed by atoms with Gasteiger partial charge in [-0.05, 0) is 50.1 Å². The van der Waals surface area contributed by atoms with Crippen LogP contribution < -0.4 is 9.62 Å². The molecule has 0 heterocycles. The van der Waals surface area contributed by atoms with Crippen LogP contribution in [0, 0.1) is 0 Å². The Morgan fingerprint density at radius 1 is 1.08 bits per heavy atom. The molecule has 2 aromatic carbocycles. The van der Waals surface area contributed by atoms with Crippen molar-refractivity contribution in [1.82, 2.24) is 10.2 Å². The Hall–Kier alpha value is -1.81. The smallest absolute Gasteiger partial charge is 0.244 e. The van der Waals surface area contributed by atoms with Crippen molar-refractivity contribution < 1.29 is 18.0 Å². The highest BCUT2D eigenvalue weighted by atomic mass is 79.9. The summed E-state index contributed by atoms with van der Waals surface area (Å²) in [5.74, 6) is -0.852. The minimum atomic E-state index is -3.81. The Morgan fingerprint density at radius 3 is 2.28 bits per heavy atom. The SMILES string of the molecule is CC(C(=O)NC1CCCCC1)N(Cc1c(Cl)cccc1Cl)C(=O)CN(c1cccc(Br)c1)S(C)(=O)=O. The topological polar surface area (TPSA) is 86.8 Å². The van der Waals surface area contributed by atoms with Crippen LogP contribution in [0.15, 0.2) is 46.9 Å². The number of hydrogen-bond donors (Lipinski definition) is 1. The molecule has 0 spiro atoms. The molecule has 7 nitrogen and oxygen atoms in total. The van der Waals surface area contributed by atoms with Gasteiger partial charge in [-0.3, -0.25) is 13.9 Å². The Morgan fingerprint density at radius 2 is 1.69 bits per heavy atom. The van der Waals surface area contributed by atoms with Crippen LogP contribution in [-0.2, 0) is 26.2 Å². The van der Waals surface area contributed by atoms with E-state index in [0.29, 0.717) is 25.8 Å². The van der Waals surface area contributed by atoms with Crippen molar-refractivity contribution in [2.45, 2.75) is 57.7 Å². The van der Waals surface area contributed by atoms with Gasteiger partial charge in [-0.1, -0.05) is 70.5 Å². The number of benzene rings is 2. The number of carbonyl (C=O) groups excluding carboxylic acids is 2. The molecule has 1 fully saturated rings. The quantitative estimate of drug-likeness (QED) is 0.408. The van der Waals surface area contributed by atoms with Crippen LogP contribution in [0.5, 0.6) is 0 Å². The van der Waals surface area contributed by atoms with E-state index >= 15 is 0 Å². The Labute approximate surface area is 231 Å². The van der Waals surface area contributed by atoms with Crippen LogP contribution in [0.2, 0.25) is 10.0 Å². The molecule has 1 unspecified atom stereocenters. The first-order valence-corrected chi connectivity index (χ1v) is 15.1. The molecule has 1 atom stereocenters. The summed E-state index contributed by atoms with van der Waals surface area (Å²) in [5, 5.41) is 3.76. The van der Waals surface area contributed by atoms with E-state index in [4.69, 9.17) is 23.2 Å². The number of sulfonamides is 1. The zero-order valence-electron chi connectivity index (χ0n) is 20.2. The molecule has 0 aliphatic heterocycles. The second-order valence-corrected chi connectivity index (χ2v) is 12.6. The van der Waals surface area contributed by atoms with Gasteiger partial charge in [0.15, 0.2) is 0 Å². The minimum Gasteiger partial charge on any atom is -0.352 e. The highest BCUT2D eigenvalue weighted by molar-refractivity contribution is 9.10. The number of anilines is 1. The van der Waals surface area contributed by atoms with Gasteiger partial charge in [0.1, 0.15) is 12.6 Å². The zero-order valence-corrected chi connectivity index (χ0v) is 24.1. The predicted molar refractivity (Wildman–Crippen MR) is 148 cm³/mol. The first-order chi connectivity index (χ1) is 17.0.